The van der Waals surface area contributed by atoms with Crippen LogP contribution in [0.15, 0.2) is 59.3 Å². The maximum absolute atomic E-state index is 13.5. The van der Waals surface area contributed by atoms with E-state index in [1.807, 2.05) is 0 Å². The van der Waals surface area contributed by atoms with Crippen LogP contribution in [-0.4, -0.2) is 24.1 Å². The smallest absolute Gasteiger partial charge is 0.340 e. The summed E-state index contributed by atoms with van der Waals surface area (Å²) in [7, 11) is 1.21. The number of phenolic OH excluding ortho intramolecular Hbond substituents is 1. The Kier molecular flexibility index (Phi) is 5.01. The number of esters is 1. The molecule has 2 aromatic rings. The zero-order valence-corrected chi connectivity index (χ0v) is 15.2. The van der Waals surface area contributed by atoms with E-state index in [9.17, 15) is 19.1 Å². The van der Waals surface area contributed by atoms with Crippen molar-refractivity contribution in [2.75, 3.05) is 12.0 Å². The lowest BCUT2D eigenvalue weighted by molar-refractivity contribution is -0.136. The summed E-state index contributed by atoms with van der Waals surface area (Å²) in [5.41, 5.74) is 1.11. The second kappa shape index (κ2) is 7.25. The number of allylic oxidation sites excluding steroid dienone is 1. The minimum Gasteiger partial charge on any atom is -0.507 e. The lowest BCUT2D eigenvalue weighted by Crippen LogP contribution is -2.24. The highest BCUT2D eigenvalue weighted by atomic mass is 35.5. The first-order chi connectivity index (χ1) is 12.8. The zero-order valence-electron chi connectivity index (χ0n) is 14.5. The van der Waals surface area contributed by atoms with Gasteiger partial charge in [-0.05, 0) is 37.3 Å². The molecule has 0 fully saturated rings. The summed E-state index contributed by atoms with van der Waals surface area (Å²) in [6.45, 7) is 1.58. The molecular weight excluding hydrogens is 373 g/mol. The molecule has 0 bridgehead atoms. The van der Waals surface area contributed by atoms with Gasteiger partial charge in [0.05, 0.1) is 29.0 Å². The molecule has 1 aliphatic heterocycles. The second-order valence-corrected chi connectivity index (χ2v) is 6.21. The van der Waals surface area contributed by atoms with Crippen molar-refractivity contribution in [3.8, 4) is 5.75 Å². The summed E-state index contributed by atoms with van der Waals surface area (Å²) in [4.78, 5) is 26.6. The van der Waals surface area contributed by atoms with Crippen LogP contribution in [0.25, 0.3) is 6.08 Å². The first kappa shape index (κ1) is 18.7. The van der Waals surface area contributed by atoms with E-state index in [4.69, 9.17) is 16.3 Å². The number of nitrogens with zero attached hydrogens (tertiary/aromatic N) is 1. The van der Waals surface area contributed by atoms with E-state index >= 15 is 0 Å². The fourth-order valence-electron chi connectivity index (χ4n) is 2.88. The summed E-state index contributed by atoms with van der Waals surface area (Å²) < 4.78 is 18.3. The number of methoxy groups -OCH3 is 1. The van der Waals surface area contributed by atoms with Crippen molar-refractivity contribution in [2.45, 2.75) is 6.92 Å². The van der Waals surface area contributed by atoms with Gasteiger partial charge in [-0.3, -0.25) is 9.69 Å². The molecule has 3 rings (SSSR count). The van der Waals surface area contributed by atoms with E-state index in [1.54, 1.807) is 25.1 Å². The van der Waals surface area contributed by atoms with Crippen LogP contribution in [0, 0.1) is 5.82 Å². The predicted molar refractivity (Wildman–Crippen MR) is 99.7 cm³/mol. The number of hydrogen-bond acceptors (Lipinski definition) is 4. The van der Waals surface area contributed by atoms with Crippen molar-refractivity contribution in [1.82, 2.24) is 0 Å². The summed E-state index contributed by atoms with van der Waals surface area (Å²) in [5.74, 6) is -1.87. The van der Waals surface area contributed by atoms with Crippen molar-refractivity contribution in [3.63, 3.8) is 0 Å². The quantitative estimate of drug-likeness (QED) is 0.637. The minimum atomic E-state index is -0.696. The average Bonchev–Trinajstić information content (AvgIpc) is 2.89. The molecule has 0 aliphatic carbocycles. The molecule has 1 amide bonds. The topological polar surface area (TPSA) is 66.8 Å². The van der Waals surface area contributed by atoms with Crippen molar-refractivity contribution in [3.05, 3.63) is 75.7 Å². The van der Waals surface area contributed by atoms with E-state index in [0.717, 1.165) is 6.07 Å². The molecule has 1 heterocycles. The lowest BCUT2D eigenvalue weighted by Gasteiger charge is -2.18. The molecule has 2 aromatic carbocycles. The number of aromatic hydroxyl groups is 1. The van der Waals surface area contributed by atoms with Crippen molar-refractivity contribution >= 4 is 35.2 Å². The van der Waals surface area contributed by atoms with Crippen LogP contribution in [0.2, 0.25) is 5.02 Å². The van der Waals surface area contributed by atoms with Gasteiger partial charge in [0.2, 0.25) is 0 Å². The number of carbonyl (C=O) groups is 2. The van der Waals surface area contributed by atoms with Gasteiger partial charge in [0.1, 0.15) is 11.6 Å². The first-order valence-corrected chi connectivity index (χ1v) is 8.31. The molecule has 0 saturated heterocycles. The summed E-state index contributed by atoms with van der Waals surface area (Å²) in [5, 5.41) is 9.85. The van der Waals surface area contributed by atoms with Crippen LogP contribution in [0.5, 0.6) is 5.75 Å². The Hall–Kier alpha value is -3.12. The Morgan fingerprint density at radius 1 is 1.26 bits per heavy atom. The molecule has 5 nitrogen and oxygen atoms in total. The SMILES string of the molecule is COC(=O)C1=C(C)N(c2ccc(F)c(Cl)c2)C(=O)/C1=C\c1ccccc1O. The van der Waals surface area contributed by atoms with E-state index < -0.39 is 17.7 Å². The molecule has 0 unspecified atom stereocenters. The molecule has 0 radical (unpaired) electrons. The Labute approximate surface area is 159 Å². The normalized spacial score (nSPS) is 15.6. The van der Waals surface area contributed by atoms with E-state index in [2.05, 4.69) is 0 Å². The molecule has 1 N–H and O–H groups in total. The van der Waals surface area contributed by atoms with Crippen LogP contribution in [0.4, 0.5) is 10.1 Å². The van der Waals surface area contributed by atoms with Crippen LogP contribution in [-0.2, 0) is 14.3 Å². The molecular formula is C20H15ClFNO4. The van der Waals surface area contributed by atoms with Crippen LogP contribution < -0.4 is 4.90 Å². The van der Waals surface area contributed by atoms with Crippen LogP contribution in [0.1, 0.15) is 12.5 Å². The number of ether oxygens (including phenoxy) is 1. The van der Waals surface area contributed by atoms with Gasteiger partial charge in [0.15, 0.2) is 0 Å². The Bertz CT molecular complexity index is 1010. The van der Waals surface area contributed by atoms with Gasteiger partial charge in [-0.15, -0.1) is 0 Å². The van der Waals surface area contributed by atoms with E-state index in [-0.39, 0.29) is 21.9 Å². The largest absolute Gasteiger partial charge is 0.507 e. The lowest BCUT2D eigenvalue weighted by atomic mass is 10.0. The first-order valence-electron chi connectivity index (χ1n) is 7.94. The predicted octanol–water partition coefficient (Wildman–Crippen LogP) is 4.06. The number of phenols is 1. The third-order valence-electron chi connectivity index (χ3n) is 4.19. The third-order valence-corrected chi connectivity index (χ3v) is 4.48. The van der Waals surface area contributed by atoms with Crippen molar-refractivity contribution in [1.29, 1.82) is 0 Å². The van der Waals surface area contributed by atoms with Crippen LogP contribution >= 0.6 is 11.6 Å². The Balaban J connectivity index is 2.17. The molecule has 0 saturated carbocycles. The maximum atomic E-state index is 13.5. The average molecular weight is 388 g/mol. The minimum absolute atomic E-state index is 0.0389. The molecule has 0 atom stereocenters. The van der Waals surface area contributed by atoms with Gasteiger partial charge < -0.3 is 9.84 Å². The molecule has 7 heteroatoms. The highest BCUT2D eigenvalue weighted by molar-refractivity contribution is 6.31. The standard InChI is InChI=1S/C20H15ClFNO4/c1-11-18(20(26)27-2)14(9-12-5-3-4-6-17(12)24)19(25)23(11)13-7-8-16(22)15(21)10-13/h3-10,24H,1-2H3/b14-9-. The number of para-hydroxylation sites is 1. The number of halogens is 2. The molecule has 0 spiro atoms. The van der Waals surface area contributed by atoms with Gasteiger partial charge in [-0.2, -0.15) is 0 Å². The fraction of sp³-hybridized carbons (Fsp3) is 0.100. The third kappa shape index (κ3) is 3.31. The number of benzene rings is 2. The second-order valence-electron chi connectivity index (χ2n) is 5.81. The zero-order chi connectivity index (χ0) is 19.7. The number of carbonyl (C=O) groups excluding carboxylic acids is 2. The summed E-state index contributed by atoms with van der Waals surface area (Å²) >= 11 is 5.83. The fourth-order valence-corrected chi connectivity index (χ4v) is 3.05. The number of amides is 1. The van der Waals surface area contributed by atoms with Crippen molar-refractivity contribution in [2.24, 2.45) is 0 Å². The maximum Gasteiger partial charge on any atom is 0.340 e. The highest BCUT2D eigenvalue weighted by Gasteiger charge is 2.38. The summed E-state index contributed by atoms with van der Waals surface area (Å²) in [6, 6.07) is 10.2. The van der Waals surface area contributed by atoms with Gasteiger partial charge in [-0.25, -0.2) is 9.18 Å². The molecule has 1 aliphatic rings. The van der Waals surface area contributed by atoms with Gasteiger partial charge in [0, 0.05) is 11.3 Å². The summed E-state index contributed by atoms with van der Waals surface area (Å²) in [6.07, 6.45) is 1.42. The van der Waals surface area contributed by atoms with E-state index in [1.165, 1.54) is 36.3 Å². The molecule has 27 heavy (non-hydrogen) atoms. The van der Waals surface area contributed by atoms with Crippen LogP contribution in [0.3, 0.4) is 0 Å². The van der Waals surface area contributed by atoms with Gasteiger partial charge in [-0.1, -0.05) is 29.8 Å². The Morgan fingerprint density at radius 2 is 1.96 bits per heavy atom. The molecule has 138 valence electrons. The van der Waals surface area contributed by atoms with Gasteiger partial charge in [0.25, 0.3) is 5.91 Å². The Morgan fingerprint density at radius 3 is 2.59 bits per heavy atom. The number of anilines is 1. The van der Waals surface area contributed by atoms with E-state index in [0.29, 0.717) is 16.9 Å². The van der Waals surface area contributed by atoms with Gasteiger partial charge >= 0.3 is 5.97 Å². The molecule has 0 aromatic heterocycles. The highest BCUT2D eigenvalue weighted by Crippen LogP contribution is 2.37. The van der Waals surface area contributed by atoms with Crippen molar-refractivity contribution < 1.29 is 23.8 Å². The number of hydrogen-bond donors (Lipinski definition) is 1. The number of rotatable bonds is 3. The monoisotopic (exact) mass is 387 g/mol.